The van der Waals surface area contributed by atoms with Gasteiger partial charge >= 0.3 is 5.97 Å². The van der Waals surface area contributed by atoms with Crippen molar-refractivity contribution in [2.75, 3.05) is 12.9 Å². The van der Waals surface area contributed by atoms with Gasteiger partial charge in [0.1, 0.15) is 11.9 Å². The maximum absolute atomic E-state index is 14.0. The number of thioether (sulfide) groups is 1. The lowest BCUT2D eigenvalue weighted by Crippen LogP contribution is -2.32. The molecule has 1 aliphatic heterocycles. The van der Waals surface area contributed by atoms with Gasteiger partial charge in [0.2, 0.25) is 0 Å². The summed E-state index contributed by atoms with van der Waals surface area (Å²) in [6.07, 6.45) is 0.385. The zero-order valence-electron chi connectivity index (χ0n) is 13.8. The lowest BCUT2D eigenvalue weighted by Gasteiger charge is -2.18. The fourth-order valence-corrected chi connectivity index (χ4v) is 4.34. The molecule has 1 aromatic heterocycles. The highest BCUT2D eigenvalue weighted by Gasteiger charge is 2.34. The van der Waals surface area contributed by atoms with Crippen molar-refractivity contribution in [1.82, 2.24) is 4.57 Å². The summed E-state index contributed by atoms with van der Waals surface area (Å²) in [6.45, 7) is 3.62. The molecule has 0 saturated heterocycles. The number of carbonyl (C=O) groups excluding carboxylic acids is 1. The largest absolute Gasteiger partial charge is 0.467 e. The number of nitrogens with zero attached hydrogens (tertiary/aromatic N) is 1. The van der Waals surface area contributed by atoms with Crippen LogP contribution in [0.15, 0.2) is 34.1 Å². The minimum atomic E-state index is -0.624. The maximum Gasteiger partial charge on any atom is 0.329 e. The van der Waals surface area contributed by atoms with Crippen LogP contribution in [0.25, 0.3) is 0 Å². The van der Waals surface area contributed by atoms with Gasteiger partial charge in [0.05, 0.1) is 12.1 Å². The second-order valence-corrected chi connectivity index (χ2v) is 6.84. The minimum absolute atomic E-state index is 0.180. The summed E-state index contributed by atoms with van der Waals surface area (Å²) in [7, 11) is 1.32. The number of fused-ring (bicyclic) bond motifs is 1. The molecule has 1 atom stereocenters. The zero-order valence-corrected chi connectivity index (χ0v) is 14.6. The van der Waals surface area contributed by atoms with E-state index in [0.717, 1.165) is 16.2 Å². The van der Waals surface area contributed by atoms with Crippen molar-refractivity contribution in [3.8, 4) is 0 Å². The van der Waals surface area contributed by atoms with Crippen molar-refractivity contribution in [2.24, 2.45) is 0 Å². The fourth-order valence-electron chi connectivity index (χ4n) is 2.99. The molecule has 0 radical (unpaired) electrons. The van der Waals surface area contributed by atoms with Crippen LogP contribution >= 0.6 is 11.8 Å². The van der Waals surface area contributed by atoms with E-state index < -0.39 is 12.0 Å². The molecule has 0 fully saturated rings. The van der Waals surface area contributed by atoms with E-state index in [9.17, 15) is 14.0 Å². The number of halogens is 1. The van der Waals surface area contributed by atoms with Gasteiger partial charge in [-0.3, -0.25) is 9.36 Å². The van der Waals surface area contributed by atoms with Crippen LogP contribution in [0.5, 0.6) is 0 Å². The third kappa shape index (κ3) is 2.65. The topological polar surface area (TPSA) is 48.3 Å². The molecule has 2 aromatic rings. The molecule has 0 spiro atoms. The van der Waals surface area contributed by atoms with Crippen LogP contribution in [0.3, 0.4) is 0 Å². The Kier molecular flexibility index (Phi) is 4.49. The van der Waals surface area contributed by atoms with Gasteiger partial charge in [0, 0.05) is 17.7 Å². The average molecular weight is 347 g/mol. The third-order valence-corrected chi connectivity index (χ3v) is 5.72. The second kappa shape index (κ2) is 6.43. The molecule has 3 rings (SSSR count). The molecule has 0 aliphatic carbocycles. The summed E-state index contributed by atoms with van der Waals surface area (Å²) in [5, 5.41) is 0.738. The summed E-state index contributed by atoms with van der Waals surface area (Å²) >= 11 is 1.45. The van der Waals surface area contributed by atoms with Gasteiger partial charge in [0.15, 0.2) is 0 Å². The van der Waals surface area contributed by atoms with Crippen molar-refractivity contribution in [3.05, 3.63) is 62.7 Å². The number of pyridine rings is 1. The highest BCUT2D eigenvalue weighted by atomic mass is 32.2. The highest BCUT2D eigenvalue weighted by molar-refractivity contribution is 7.99. The van der Waals surface area contributed by atoms with E-state index in [-0.39, 0.29) is 11.4 Å². The smallest absolute Gasteiger partial charge is 0.329 e. The predicted molar refractivity (Wildman–Crippen MR) is 91.2 cm³/mol. The quantitative estimate of drug-likeness (QED) is 0.801. The first-order chi connectivity index (χ1) is 11.5. The number of carbonyl (C=O) groups is 1. The molecule has 1 aromatic carbocycles. The van der Waals surface area contributed by atoms with E-state index in [4.69, 9.17) is 4.74 Å². The standard InChI is InChI=1S/C18H18FNO3S/c1-10-11(2)16(21)20-15(18(22)23-3)9-24-17(20)13(10)8-12-6-4-5-7-14(12)19/h4-7,15H,8-9H2,1-3H3. The molecule has 2 heterocycles. The Balaban J connectivity index is 2.17. The van der Waals surface area contributed by atoms with Crippen molar-refractivity contribution < 1.29 is 13.9 Å². The summed E-state index contributed by atoms with van der Waals surface area (Å²) in [4.78, 5) is 24.6. The number of benzene rings is 1. The lowest BCUT2D eigenvalue weighted by molar-refractivity contribution is -0.143. The Morgan fingerprint density at radius 2 is 2.04 bits per heavy atom. The number of hydrogen-bond acceptors (Lipinski definition) is 4. The summed E-state index contributed by atoms with van der Waals surface area (Å²) < 4.78 is 20.4. The van der Waals surface area contributed by atoms with E-state index >= 15 is 0 Å². The van der Waals surface area contributed by atoms with Gasteiger partial charge in [0.25, 0.3) is 5.56 Å². The Bertz CT molecular complexity index is 875. The van der Waals surface area contributed by atoms with Crippen LogP contribution in [0.2, 0.25) is 0 Å². The molecule has 24 heavy (non-hydrogen) atoms. The fraction of sp³-hybridized carbons (Fsp3) is 0.333. The van der Waals surface area contributed by atoms with E-state index in [1.54, 1.807) is 25.1 Å². The number of ether oxygens (including phenoxy) is 1. The summed E-state index contributed by atoms with van der Waals surface area (Å²) in [6, 6.07) is 5.99. The number of hydrogen-bond donors (Lipinski definition) is 0. The first-order valence-electron chi connectivity index (χ1n) is 7.64. The molecule has 6 heteroatoms. The predicted octanol–water partition coefficient (Wildman–Crippen LogP) is 3.01. The number of esters is 1. The van der Waals surface area contributed by atoms with Crippen LogP contribution in [0, 0.1) is 19.7 Å². The summed E-state index contributed by atoms with van der Waals surface area (Å²) in [5.41, 5.74) is 2.73. The zero-order chi connectivity index (χ0) is 17.4. The Morgan fingerprint density at radius 1 is 1.33 bits per heavy atom. The van der Waals surface area contributed by atoms with E-state index in [1.165, 1.54) is 29.5 Å². The van der Waals surface area contributed by atoms with Gasteiger partial charge in [-0.25, -0.2) is 9.18 Å². The Labute approximate surface area is 143 Å². The molecular weight excluding hydrogens is 329 g/mol. The van der Waals surface area contributed by atoms with E-state index in [0.29, 0.717) is 23.3 Å². The lowest BCUT2D eigenvalue weighted by atomic mass is 9.99. The van der Waals surface area contributed by atoms with Gasteiger partial charge in [-0.2, -0.15) is 0 Å². The average Bonchev–Trinajstić information content (AvgIpc) is 3.02. The van der Waals surface area contributed by atoms with Gasteiger partial charge in [-0.1, -0.05) is 18.2 Å². The van der Waals surface area contributed by atoms with Crippen molar-refractivity contribution in [2.45, 2.75) is 31.3 Å². The second-order valence-electron chi connectivity index (χ2n) is 5.83. The molecule has 1 aliphatic rings. The first-order valence-corrected chi connectivity index (χ1v) is 8.62. The SMILES string of the molecule is COC(=O)C1CSc2c(Cc3ccccc3F)c(C)c(C)c(=O)n21. The Morgan fingerprint density at radius 3 is 2.71 bits per heavy atom. The van der Waals surface area contributed by atoms with Crippen molar-refractivity contribution in [1.29, 1.82) is 0 Å². The molecule has 0 N–H and O–H groups in total. The van der Waals surface area contributed by atoms with E-state index in [1.807, 2.05) is 6.92 Å². The van der Waals surface area contributed by atoms with Gasteiger partial charge in [-0.15, -0.1) is 11.8 Å². The first kappa shape index (κ1) is 16.8. The van der Waals surface area contributed by atoms with Crippen LogP contribution in [-0.4, -0.2) is 23.4 Å². The molecule has 126 valence electrons. The maximum atomic E-state index is 14.0. The third-order valence-electron chi connectivity index (χ3n) is 4.52. The van der Waals surface area contributed by atoms with E-state index in [2.05, 4.69) is 0 Å². The van der Waals surface area contributed by atoms with Crippen molar-refractivity contribution in [3.63, 3.8) is 0 Å². The molecule has 4 nitrogen and oxygen atoms in total. The van der Waals surface area contributed by atoms with Gasteiger partial charge < -0.3 is 4.74 Å². The molecule has 0 saturated carbocycles. The normalized spacial score (nSPS) is 16.1. The van der Waals surface area contributed by atoms with Crippen LogP contribution < -0.4 is 5.56 Å². The molecular formula is C18H18FNO3S. The van der Waals surface area contributed by atoms with Crippen LogP contribution in [0.1, 0.15) is 28.3 Å². The monoisotopic (exact) mass is 347 g/mol. The van der Waals surface area contributed by atoms with Crippen LogP contribution in [-0.2, 0) is 16.0 Å². The number of methoxy groups -OCH3 is 1. The highest BCUT2D eigenvalue weighted by Crippen LogP contribution is 2.37. The minimum Gasteiger partial charge on any atom is -0.467 e. The number of aromatic nitrogens is 1. The molecule has 0 bridgehead atoms. The molecule has 1 unspecified atom stereocenters. The summed E-state index contributed by atoms with van der Waals surface area (Å²) in [5.74, 6) is -0.245. The Hall–Kier alpha value is -2.08. The number of rotatable bonds is 3. The van der Waals surface area contributed by atoms with Crippen LogP contribution in [0.4, 0.5) is 4.39 Å². The van der Waals surface area contributed by atoms with Crippen molar-refractivity contribution >= 4 is 17.7 Å². The van der Waals surface area contributed by atoms with Gasteiger partial charge in [-0.05, 0) is 36.6 Å². The molecule has 0 amide bonds.